The Labute approximate surface area is 265 Å². The van der Waals surface area contributed by atoms with E-state index in [1.54, 1.807) is 60.7 Å². The number of fused-ring (bicyclic) bond motifs is 3. The molecule has 1 aliphatic heterocycles. The smallest absolute Gasteiger partial charge is 0.420 e. The van der Waals surface area contributed by atoms with Gasteiger partial charge in [-0.25, -0.2) is 14.4 Å². The van der Waals surface area contributed by atoms with E-state index in [4.69, 9.17) is 14.3 Å². The first-order chi connectivity index (χ1) is 22.4. The Morgan fingerprint density at radius 2 is 1.17 bits per heavy atom. The molecule has 0 unspecified atom stereocenters. The van der Waals surface area contributed by atoms with Gasteiger partial charge < -0.3 is 14.3 Å². The van der Waals surface area contributed by atoms with Gasteiger partial charge in [-0.05, 0) is 33.4 Å². The van der Waals surface area contributed by atoms with Gasteiger partial charge in [0, 0.05) is 25.2 Å². The molecule has 4 amide bonds. The average Bonchev–Trinajstić information content (AvgIpc) is 3.58. The number of nitrogens with zero attached hydrogens (tertiary/aromatic N) is 2. The molecule has 1 atom stereocenters. The lowest BCUT2D eigenvalue weighted by molar-refractivity contribution is -0.200. The zero-order chi connectivity index (χ0) is 32.0. The lowest BCUT2D eigenvalue weighted by Gasteiger charge is -2.28. The molecule has 232 valence electrons. The van der Waals surface area contributed by atoms with Gasteiger partial charge in [0.15, 0.2) is 6.04 Å². The lowest BCUT2D eigenvalue weighted by Crippen LogP contribution is -2.52. The molecule has 0 N–H and O–H groups in total. The highest BCUT2D eigenvalue weighted by atomic mass is 16.7. The summed E-state index contributed by atoms with van der Waals surface area (Å²) in [5, 5.41) is 0.380. The maximum atomic E-state index is 13.9. The minimum atomic E-state index is -1.64. The van der Waals surface area contributed by atoms with E-state index in [0.29, 0.717) is 21.1 Å². The van der Waals surface area contributed by atoms with Crippen LogP contribution in [0.25, 0.3) is 11.1 Å². The first kappa shape index (κ1) is 30.3. The highest BCUT2D eigenvalue weighted by molar-refractivity contribution is 6.02. The third-order valence-electron chi connectivity index (χ3n) is 7.98. The summed E-state index contributed by atoms with van der Waals surface area (Å²) < 4.78 is 11.3. The SMILES string of the molecule is O=C(ON1C(=O)CCC1=O)[C@H](Cc1ccccc1)N(C(=O)OCc1ccccc1)C(=O)OCC1c2ccccc2-c2ccccc21. The van der Waals surface area contributed by atoms with Crippen molar-refractivity contribution in [2.45, 2.75) is 37.8 Å². The van der Waals surface area contributed by atoms with Crippen molar-refractivity contribution in [1.29, 1.82) is 0 Å². The van der Waals surface area contributed by atoms with Crippen molar-refractivity contribution in [2.24, 2.45) is 0 Å². The molecule has 6 rings (SSSR count). The number of imide groups is 2. The third kappa shape index (κ3) is 6.37. The number of ether oxygens (including phenoxy) is 2. The molecule has 0 saturated carbocycles. The van der Waals surface area contributed by atoms with Gasteiger partial charge in [-0.3, -0.25) is 9.59 Å². The summed E-state index contributed by atoms with van der Waals surface area (Å²) in [5.74, 6) is -2.89. The second-order valence-electron chi connectivity index (χ2n) is 10.9. The van der Waals surface area contributed by atoms with Crippen molar-refractivity contribution >= 4 is 30.0 Å². The van der Waals surface area contributed by atoms with E-state index in [1.807, 2.05) is 48.5 Å². The van der Waals surface area contributed by atoms with Crippen molar-refractivity contribution in [3.63, 3.8) is 0 Å². The van der Waals surface area contributed by atoms with Crippen LogP contribution in [0, 0.1) is 0 Å². The summed E-state index contributed by atoms with van der Waals surface area (Å²) in [4.78, 5) is 71.7. The second kappa shape index (κ2) is 13.5. The molecule has 4 aromatic rings. The molecule has 10 heteroatoms. The first-order valence-corrected chi connectivity index (χ1v) is 14.9. The van der Waals surface area contributed by atoms with Crippen LogP contribution in [0.5, 0.6) is 0 Å². The van der Waals surface area contributed by atoms with Crippen LogP contribution in [-0.4, -0.2) is 52.6 Å². The minimum absolute atomic E-state index is 0.120. The van der Waals surface area contributed by atoms with Gasteiger partial charge in [-0.2, -0.15) is 4.90 Å². The number of amides is 4. The molecule has 1 saturated heterocycles. The van der Waals surface area contributed by atoms with Gasteiger partial charge in [0.1, 0.15) is 13.2 Å². The Balaban J connectivity index is 1.30. The number of hydrogen-bond donors (Lipinski definition) is 0. The monoisotopic (exact) mass is 618 g/mol. The van der Waals surface area contributed by atoms with Crippen molar-refractivity contribution in [3.8, 4) is 11.1 Å². The lowest BCUT2D eigenvalue weighted by atomic mass is 9.98. The fourth-order valence-corrected chi connectivity index (χ4v) is 5.71. The maximum Gasteiger partial charge on any atom is 0.420 e. The Kier molecular flexibility index (Phi) is 8.87. The van der Waals surface area contributed by atoms with Crippen molar-refractivity contribution in [1.82, 2.24) is 9.96 Å². The van der Waals surface area contributed by atoms with Crippen LogP contribution in [0.4, 0.5) is 9.59 Å². The van der Waals surface area contributed by atoms with Crippen LogP contribution in [-0.2, 0) is 41.7 Å². The van der Waals surface area contributed by atoms with Crippen LogP contribution in [0.15, 0.2) is 109 Å². The summed E-state index contributed by atoms with van der Waals surface area (Å²) in [5.41, 5.74) is 5.18. The third-order valence-corrected chi connectivity index (χ3v) is 7.98. The van der Waals surface area contributed by atoms with Gasteiger partial charge in [-0.15, -0.1) is 5.06 Å². The van der Waals surface area contributed by atoms with Crippen molar-refractivity contribution in [2.75, 3.05) is 6.61 Å². The van der Waals surface area contributed by atoms with Gasteiger partial charge in [0.25, 0.3) is 11.8 Å². The number of carbonyl (C=O) groups is 5. The average molecular weight is 619 g/mol. The molecule has 2 aliphatic rings. The standard InChI is InChI=1S/C36H30N2O8/c39-32-19-20-33(40)38(32)46-34(41)31(21-24-11-3-1-4-12-24)37(35(42)44-22-25-13-5-2-6-14-25)36(43)45-23-30-28-17-9-7-15-26(28)27-16-8-10-18-29(27)30/h1-18,30-31H,19-23H2/t31-/m0/s1. The molecule has 0 spiro atoms. The molecule has 0 aromatic heterocycles. The predicted molar refractivity (Wildman–Crippen MR) is 165 cm³/mol. The predicted octanol–water partition coefficient (Wildman–Crippen LogP) is 5.79. The van der Waals surface area contributed by atoms with E-state index in [1.165, 1.54) is 0 Å². The van der Waals surface area contributed by atoms with Gasteiger partial charge in [0.05, 0.1) is 0 Å². The summed E-state index contributed by atoms with van der Waals surface area (Å²) in [6.45, 7) is -0.325. The highest BCUT2D eigenvalue weighted by Gasteiger charge is 2.43. The van der Waals surface area contributed by atoms with Gasteiger partial charge in [-0.1, -0.05) is 109 Å². The minimum Gasteiger partial charge on any atom is -0.448 e. The molecule has 4 aromatic carbocycles. The summed E-state index contributed by atoms with van der Waals surface area (Å²) >= 11 is 0. The molecule has 1 fully saturated rings. The van der Waals surface area contributed by atoms with Crippen molar-refractivity contribution in [3.05, 3.63) is 131 Å². The van der Waals surface area contributed by atoms with E-state index in [-0.39, 0.29) is 38.4 Å². The molecule has 0 bridgehead atoms. The number of rotatable bonds is 9. The van der Waals surface area contributed by atoms with Crippen molar-refractivity contribution < 1.29 is 38.3 Å². The number of carbonyl (C=O) groups excluding carboxylic acids is 5. The van der Waals surface area contributed by atoms with Gasteiger partial charge >= 0.3 is 18.2 Å². The van der Waals surface area contributed by atoms with E-state index in [0.717, 1.165) is 22.3 Å². The Morgan fingerprint density at radius 1 is 0.674 bits per heavy atom. The van der Waals surface area contributed by atoms with Crippen LogP contribution < -0.4 is 0 Å². The Morgan fingerprint density at radius 3 is 1.76 bits per heavy atom. The highest BCUT2D eigenvalue weighted by Crippen LogP contribution is 2.44. The molecule has 46 heavy (non-hydrogen) atoms. The van der Waals surface area contributed by atoms with Crippen LogP contribution in [0.2, 0.25) is 0 Å². The summed E-state index contributed by atoms with van der Waals surface area (Å²) in [6, 6.07) is 31.4. The fraction of sp³-hybridized carbons (Fsp3) is 0.194. The van der Waals surface area contributed by atoms with Gasteiger partial charge in [0.2, 0.25) is 0 Å². The topological polar surface area (TPSA) is 120 Å². The van der Waals surface area contributed by atoms with E-state index in [9.17, 15) is 24.0 Å². The molecule has 1 aliphatic carbocycles. The normalized spacial score (nSPS) is 14.3. The van der Waals surface area contributed by atoms with Crippen LogP contribution >= 0.6 is 0 Å². The maximum absolute atomic E-state index is 13.9. The van der Waals surface area contributed by atoms with Crippen LogP contribution in [0.3, 0.4) is 0 Å². The molecule has 10 nitrogen and oxygen atoms in total. The fourth-order valence-electron chi connectivity index (χ4n) is 5.71. The number of benzene rings is 4. The van der Waals surface area contributed by atoms with E-state index < -0.39 is 36.0 Å². The van der Waals surface area contributed by atoms with E-state index >= 15 is 0 Å². The molecular formula is C36H30N2O8. The summed E-state index contributed by atoms with van der Waals surface area (Å²) in [6.07, 6.45) is -2.73. The Hall–Kier alpha value is -5.77. The largest absolute Gasteiger partial charge is 0.448 e. The quantitative estimate of drug-likeness (QED) is 0.216. The number of hydroxylamine groups is 2. The summed E-state index contributed by atoms with van der Waals surface area (Å²) in [7, 11) is 0. The molecule has 1 heterocycles. The first-order valence-electron chi connectivity index (χ1n) is 14.9. The zero-order valence-corrected chi connectivity index (χ0v) is 24.7. The molecular weight excluding hydrogens is 588 g/mol. The number of hydrogen-bond acceptors (Lipinski definition) is 8. The molecule has 0 radical (unpaired) electrons. The Bertz CT molecular complexity index is 1710. The zero-order valence-electron chi connectivity index (χ0n) is 24.7. The second-order valence-corrected chi connectivity index (χ2v) is 10.9. The van der Waals surface area contributed by atoms with E-state index in [2.05, 4.69) is 0 Å². The van der Waals surface area contributed by atoms with Crippen LogP contribution in [0.1, 0.15) is 41.0 Å².